The lowest BCUT2D eigenvalue weighted by Gasteiger charge is -2.31. The van der Waals surface area contributed by atoms with E-state index in [-0.39, 0.29) is 11.6 Å². The first-order valence-electron chi connectivity index (χ1n) is 12.9. The molecule has 1 saturated heterocycles. The van der Waals surface area contributed by atoms with Crippen molar-refractivity contribution < 1.29 is 23.3 Å². The molecule has 1 fully saturated rings. The van der Waals surface area contributed by atoms with Crippen molar-refractivity contribution in [3.8, 4) is 17.2 Å². The highest BCUT2D eigenvalue weighted by Crippen LogP contribution is 2.31. The molecule has 8 heteroatoms. The van der Waals surface area contributed by atoms with E-state index in [0.717, 1.165) is 69.2 Å². The van der Waals surface area contributed by atoms with Crippen LogP contribution in [0.4, 0.5) is 4.39 Å². The molecule has 0 bridgehead atoms. The molecular formula is C29H38FN3O4. The van der Waals surface area contributed by atoms with Gasteiger partial charge in [-0.3, -0.25) is 4.90 Å². The number of rotatable bonds is 12. The molecule has 0 saturated carbocycles. The van der Waals surface area contributed by atoms with Crippen molar-refractivity contribution in [1.82, 2.24) is 14.5 Å². The summed E-state index contributed by atoms with van der Waals surface area (Å²) < 4.78 is 39.5. The first kappa shape index (κ1) is 26.9. The van der Waals surface area contributed by atoms with E-state index >= 15 is 0 Å². The van der Waals surface area contributed by atoms with E-state index in [1.807, 2.05) is 25.4 Å². The molecule has 0 amide bonds. The molecule has 7 nitrogen and oxygen atoms in total. The number of aromatic nitrogens is 2. The van der Waals surface area contributed by atoms with Crippen LogP contribution >= 0.6 is 0 Å². The van der Waals surface area contributed by atoms with E-state index in [2.05, 4.69) is 26.6 Å². The van der Waals surface area contributed by atoms with Crippen molar-refractivity contribution in [3.63, 3.8) is 0 Å². The summed E-state index contributed by atoms with van der Waals surface area (Å²) in [4.78, 5) is 6.68. The monoisotopic (exact) mass is 511 g/mol. The van der Waals surface area contributed by atoms with Gasteiger partial charge in [0.15, 0.2) is 23.1 Å². The van der Waals surface area contributed by atoms with Crippen LogP contribution in [0.25, 0.3) is 0 Å². The normalized spacial score (nSPS) is 18.4. The molecule has 2 aromatic carbocycles. The van der Waals surface area contributed by atoms with Gasteiger partial charge in [0.2, 0.25) is 0 Å². The second-order valence-electron chi connectivity index (χ2n) is 9.59. The maximum Gasteiger partial charge on any atom is 0.165 e. The lowest BCUT2D eigenvalue weighted by molar-refractivity contribution is -0.0548. The van der Waals surface area contributed by atoms with Crippen molar-refractivity contribution in [2.45, 2.75) is 51.3 Å². The average molecular weight is 512 g/mol. The molecule has 2 heterocycles. The molecule has 1 aliphatic rings. The quantitative estimate of drug-likeness (QED) is 0.309. The van der Waals surface area contributed by atoms with Gasteiger partial charge in [-0.15, -0.1) is 0 Å². The Morgan fingerprint density at radius 1 is 1.00 bits per heavy atom. The van der Waals surface area contributed by atoms with Crippen LogP contribution in [-0.2, 0) is 17.8 Å². The fraction of sp³-hybridized carbons (Fsp3) is 0.483. The van der Waals surface area contributed by atoms with Crippen LogP contribution in [0.2, 0.25) is 0 Å². The number of hydrogen-bond acceptors (Lipinski definition) is 6. The average Bonchev–Trinajstić information content (AvgIpc) is 3.21. The Hall–Kier alpha value is -3.10. The molecule has 37 heavy (non-hydrogen) atoms. The second kappa shape index (κ2) is 12.9. The molecule has 0 radical (unpaired) electrons. The van der Waals surface area contributed by atoms with Crippen molar-refractivity contribution >= 4 is 0 Å². The van der Waals surface area contributed by atoms with Crippen molar-refractivity contribution in [1.29, 1.82) is 0 Å². The second-order valence-corrected chi connectivity index (χ2v) is 9.59. The van der Waals surface area contributed by atoms with Crippen molar-refractivity contribution in [2.24, 2.45) is 0 Å². The Labute approximate surface area is 219 Å². The van der Waals surface area contributed by atoms with E-state index in [0.29, 0.717) is 13.2 Å². The zero-order chi connectivity index (χ0) is 26.1. The molecule has 4 rings (SSSR count). The summed E-state index contributed by atoms with van der Waals surface area (Å²) in [5.74, 6) is 2.43. The van der Waals surface area contributed by atoms with Crippen LogP contribution in [0.5, 0.6) is 17.2 Å². The molecular weight excluding hydrogens is 473 g/mol. The highest BCUT2D eigenvalue weighted by Gasteiger charge is 2.34. The SMILES string of the molecule is COc1cc(CN2CCC[C@@](COc3ccccc3F)(OC)CC2)ccc1OCCCn1ccnc1C. The van der Waals surface area contributed by atoms with E-state index in [4.69, 9.17) is 18.9 Å². The van der Waals surface area contributed by atoms with Gasteiger partial charge in [-0.25, -0.2) is 9.37 Å². The van der Waals surface area contributed by atoms with E-state index in [1.54, 1.807) is 32.4 Å². The summed E-state index contributed by atoms with van der Waals surface area (Å²) in [6.07, 6.45) is 7.34. The number of ether oxygens (including phenoxy) is 4. The topological polar surface area (TPSA) is 58.0 Å². The standard InChI is InChI=1S/C29H38FN3O4/c1-23-31-14-18-33(23)16-7-19-36-27-11-10-24(20-28(27)34-2)21-32-15-6-12-29(35-3,13-17-32)22-37-26-9-5-4-8-25(26)30/h4-5,8-11,14,18,20H,6-7,12-13,15-17,19,21-22H2,1-3H3/t29-/m1/s1. The fourth-order valence-corrected chi connectivity index (χ4v) is 4.80. The maximum atomic E-state index is 14.0. The van der Waals surface area contributed by atoms with Gasteiger partial charge in [-0.2, -0.15) is 0 Å². The number of imidazole rings is 1. The molecule has 1 atom stereocenters. The number of aryl methyl sites for hydroxylation is 2. The summed E-state index contributed by atoms with van der Waals surface area (Å²) >= 11 is 0. The Morgan fingerprint density at radius 3 is 2.62 bits per heavy atom. The zero-order valence-corrected chi connectivity index (χ0v) is 22.1. The minimum atomic E-state index is -0.429. The Balaban J connectivity index is 1.29. The molecule has 3 aromatic rings. The fourth-order valence-electron chi connectivity index (χ4n) is 4.80. The highest BCUT2D eigenvalue weighted by molar-refractivity contribution is 5.43. The summed E-state index contributed by atoms with van der Waals surface area (Å²) in [5, 5.41) is 0. The number of halogens is 1. The predicted octanol–water partition coefficient (Wildman–Crippen LogP) is 5.26. The van der Waals surface area contributed by atoms with Crippen molar-refractivity contribution in [3.05, 3.63) is 72.1 Å². The summed E-state index contributed by atoms with van der Waals surface area (Å²) in [6, 6.07) is 12.7. The van der Waals surface area contributed by atoms with Crippen LogP contribution in [0.3, 0.4) is 0 Å². The predicted molar refractivity (Wildman–Crippen MR) is 141 cm³/mol. The molecule has 0 spiro atoms. The molecule has 0 unspecified atom stereocenters. The summed E-state index contributed by atoms with van der Waals surface area (Å²) in [6.45, 7) is 6.44. The van der Waals surface area contributed by atoms with Crippen LogP contribution in [0.15, 0.2) is 54.9 Å². The third-order valence-corrected chi connectivity index (χ3v) is 7.11. The largest absolute Gasteiger partial charge is 0.493 e. The zero-order valence-electron chi connectivity index (χ0n) is 22.1. The smallest absolute Gasteiger partial charge is 0.165 e. The van der Waals surface area contributed by atoms with Gasteiger partial charge >= 0.3 is 0 Å². The van der Waals surface area contributed by atoms with Gasteiger partial charge in [0.1, 0.15) is 18.0 Å². The third-order valence-electron chi connectivity index (χ3n) is 7.11. The molecule has 1 aliphatic heterocycles. The van der Waals surface area contributed by atoms with Gasteiger partial charge in [0.05, 0.1) is 13.7 Å². The van der Waals surface area contributed by atoms with E-state index < -0.39 is 5.60 Å². The van der Waals surface area contributed by atoms with Crippen LogP contribution in [0, 0.1) is 12.7 Å². The van der Waals surface area contributed by atoms with E-state index in [9.17, 15) is 4.39 Å². The Kier molecular flexibility index (Phi) is 9.41. The van der Waals surface area contributed by atoms with Crippen molar-refractivity contribution in [2.75, 3.05) is 40.5 Å². The molecule has 0 N–H and O–H groups in total. The molecule has 1 aromatic heterocycles. The first-order chi connectivity index (χ1) is 18.0. The van der Waals surface area contributed by atoms with Gasteiger partial charge in [0, 0.05) is 39.1 Å². The van der Waals surface area contributed by atoms with Gasteiger partial charge in [0.25, 0.3) is 0 Å². The minimum absolute atomic E-state index is 0.270. The lowest BCUT2D eigenvalue weighted by Crippen LogP contribution is -2.39. The maximum absolute atomic E-state index is 14.0. The third kappa shape index (κ3) is 7.23. The first-order valence-corrected chi connectivity index (χ1v) is 12.9. The van der Waals surface area contributed by atoms with Gasteiger partial charge in [-0.1, -0.05) is 18.2 Å². The number of nitrogens with zero attached hydrogens (tertiary/aromatic N) is 3. The Bertz CT molecular complexity index is 1140. The lowest BCUT2D eigenvalue weighted by atomic mass is 9.95. The number of hydrogen-bond donors (Lipinski definition) is 0. The number of para-hydroxylation sites is 1. The van der Waals surface area contributed by atoms with Gasteiger partial charge in [-0.05, 0) is 69.0 Å². The summed E-state index contributed by atoms with van der Waals surface area (Å²) in [5.41, 5.74) is 0.743. The van der Waals surface area contributed by atoms with Gasteiger partial charge < -0.3 is 23.5 Å². The molecule has 0 aliphatic carbocycles. The number of likely N-dealkylation sites (tertiary alicyclic amines) is 1. The summed E-state index contributed by atoms with van der Waals surface area (Å²) in [7, 11) is 3.40. The number of methoxy groups -OCH3 is 2. The van der Waals surface area contributed by atoms with Crippen LogP contribution in [0.1, 0.15) is 37.1 Å². The van der Waals surface area contributed by atoms with Crippen LogP contribution in [-0.4, -0.2) is 60.6 Å². The minimum Gasteiger partial charge on any atom is -0.493 e. The molecule has 200 valence electrons. The highest BCUT2D eigenvalue weighted by atomic mass is 19.1. The number of benzene rings is 2. The van der Waals surface area contributed by atoms with Crippen LogP contribution < -0.4 is 14.2 Å². The van der Waals surface area contributed by atoms with E-state index in [1.165, 1.54) is 11.6 Å². The Morgan fingerprint density at radius 2 is 1.86 bits per heavy atom.